The zero-order valence-corrected chi connectivity index (χ0v) is 11.9. The van der Waals surface area contributed by atoms with Crippen LogP contribution in [-0.4, -0.2) is 16.4 Å². The zero-order chi connectivity index (χ0) is 17.0. The highest BCUT2D eigenvalue weighted by atomic mass is 19.1. The Morgan fingerprint density at radius 1 is 1.13 bits per heavy atom. The van der Waals surface area contributed by atoms with Gasteiger partial charge in [0.1, 0.15) is 23.9 Å². The molecule has 8 heteroatoms. The smallest absolute Gasteiger partial charge is 0.268 e. The van der Waals surface area contributed by atoms with E-state index in [-0.39, 0.29) is 17.8 Å². The molecule has 0 saturated carbocycles. The van der Waals surface area contributed by atoms with Crippen LogP contribution in [0.1, 0.15) is 16.1 Å². The summed E-state index contributed by atoms with van der Waals surface area (Å²) in [7, 11) is 0. The third-order valence-corrected chi connectivity index (χ3v) is 2.97. The second kappa shape index (κ2) is 6.82. The fourth-order valence-electron chi connectivity index (χ4n) is 2.02. The Morgan fingerprint density at radius 3 is 2.39 bits per heavy atom. The van der Waals surface area contributed by atoms with Crippen LogP contribution in [0.2, 0.25) is 0 Å². The van der Waals surface area contributed by atoms with Crippen molar-refractivity contribution in [2.24, 2.45) is 5.73 Å². The van der Waals surface area contributed by atoms with Gasteiger partial charge in [-0.3, -0.25) is 19.0 Å². The van der Waals surface area contributed by atoms with E-state index in [0.717, 1.165) is 16.7 Å². The second-order valence-corrected chi connectivity index (χ2v) is 4.76. The highest BCUT2D eigenvalue weighted by Crippen LogP contribution is 2.08. The van der Waals surface area contributed by atoms with Gasteiger partial charge in [-0.25, -0.2) is 8.78 Å². The van der Waals surface area contributed by atoms with Crippen molar-refractivity contribution in [3.63, 3.8) is 0 Å². The summed E-state index contributed by atoms with van der Waals surface area (Å²) in [4.78, 5) is 34.8. The lowest BCUT2D eigenvalue weighted by Gasteiger charge is -2.11. The molecule has 0 spiro atoms. The van der Waals surface area contributed by atoms with Gasteiger partial charge in [0, 0.05) is 18.7 Å². The molecule has 0 atom stereocenters. The normalized spacial score (nSPS) is 10.3. The summed E-state index contributed by atoms with van der Waals surface area (Å²) in [5.41, 5.74) is 4.63. The molecule has 1 aromatic heterocycles. The number of benzene rings is 1. The molecule has 6 nitrogen and oxygen atoms in total. The van der Waals surface area contributed by atoms with Crippen molar-refractivity contribution in [1.29, 1.82) is 0 Å². The lowest BCUT2D eigenvalue weighted by atomic mass is 10.2. The molecule has 23 heavy (non-hydrogen) atoms. The molecule has 3 N–H and O–H groups in total. The summed E-state index contributed by atoms with van der Waals surface area (Å²) in [5, 5.41) is 2.43. The molecule has 2 amide bonds. The number of amides is 2. The van der Waals surface area contributed by atoms with Crippen molar-refractivity contribution < 1.29 is 18.4 Å². The van der Waals surface area contributed by atoms with Gasteiger partial charge in [0.05, 0.1) is 0 Å². The van der Waals surface area contributed by atoms with Gasteiger partial charge >= 0.3 is 0 Å². The SMILES string of the molecule is NC(=O)Cn1c(C(=O)NCc2cc(F)cc(F)c2)cccc1=O. The third kappa shape index (κ3) is 4.22. The van der Waals surface area contributed by atoms with E-state index in [2.05, 4.69) is 5.32 Å². The number of nitrogens with two attached hydrogens (primary N) is 1. The van der Waals surface area contributed by atoms with Crippen LogP contribution in [0.3, 0.4) is 0 Å². The first-order valence-electron chi connectivity index (χ1n) is 6.58. The van der Waals surface area contributed by atoms with E-state index in [1.807, 2.05) is 0 Å². The molecular formula is C15H13F2N3O3. The largest absolute Gasteiger partial charge is 0.368 e. The van der Waals surface area contributed by atoms with Gasteiger partial charge in [-0.2, -0.15) is 0 Å². The number of carbonyl (C=O) groups excluding carboxylic acids is 2. The van der Waals surface area contributed by atoms with Gasteiger partial charge in [0.2, 0.25) is 5.91 Å². The molecule has 1 aromatic carbocycles. The Hall–Kier alpha value is -3.03. The second-order valence-electron chi connectivity index (χ2n) is 4.76. The minimum absolute atomic E-state index is 0.0758. The van der Waals surface area contributed by atoms with E-state index in [1.54, 1.807) is 0 Å². The van der Waals surface area contributed by atoms with E-state index in [9.17, 15) is 23.2 Å². The average molecular weight is 321 g/mol. The predicted octanol–water partition coefficient (Wildman–Crippen LogP) is 0.542. The molecule has 0 bridgehead atoms. The number of rotatable bonds is 5. The average Bonchev–Trinajstić information content (AvgIpc) is 2.45. The quantitative estimate of drug-likeness (QED) is 0.841. The van der Waals surface area contributed by atoms with Crippen LogP contribution in [0.5, 0.6) is 0 Å². The molecule has 1 heterocycles. The Balaban J connectivity index is 2.19. The molecule has 0 aliphatic carbocycles. The first-order chi connectivity index (χ1) is 10.9. The van der Waals surface area contributed by atoms with Gasteiger partial charge in [-0.05, 0) is 23.8 Å². The van der Waals surface area contributed by atoms with Gasteiger partial charge < -0.3 is 11.1 Å². The summed E-state index contributed by atoms with van der Waals surface area (Å²) in [5.74, 6) is -2.98. The number of pyridine rings is 1. The van der Waals surface area contributed by atoms with Crippen LogP contribution in [0.25, 0.3) is 0 Å². The molecule has 2 rings (SSSR count). The summed E-state index contributed by atoms with van der Waals surface area (Å²) in [6.45, 7) is -0.593. The minimum Gasteiger partial charge on any atom is -0.368 e. The van der Waals surface area contributed by atoms with E-state index in [0.29, 0.717) is 6.07 Å². The Morgan fingerprint density at radius 2 is 1.78 bits per heavy atom. The summed E-state index contributed by atoms with van der Waals surface area (Å²) >= 11 is 0. The van der Waals surface area contributed by atoms with Gasteiger partial charge in [0.25, 0.3) is 11.5 Å². The van der Waals surface area contributed by atoms with Crippen molar-refractivity contribution in [2.75, 3.05) is 0 Å². The standard InChI is InChI=1S/C15H13F2N3O3/c16-10-4-9(5-11(17)6-10)7-19-15(23)12-2-1-3-14(22)20(12)8-13(18)21/h1-6H,7-8H2,(H2,18,21)(H,19,23). The minimum atomic E-state index is -0.778. The fraction of sp³-hybridized carbons (Fsp3) is 0.133. The summed E-state index contributed by atoms with van der Waals surface area (Å²) in [6, 6.07) is 6.74. The van der Waals surface area contributed by atoms with Crippen LogP contribution in [-0.2, 0) is 17.9 Å². The van der Waals surface area contributed by atoms with Gasteiger partial charge in [-0.15, -0.1) is 0 Å². The number of halogens is 2. The van der Waals surface area contributed by atoms with Crippen molar-refractivity contribution in [3.05, 3.63) is 69.6 Å². The molecule has 0 unspecified atom stereocenters. The summed E-state index contributed by atoms with van der Waals surface area (Å²) < 4.78 is 27.1. The third-order valence-electron chi connectivity index (χ3n) is 2.97. The van der Waals surface area contributed by atoms with Crippen molar-refractivity contribution in [2.45, 2.75) is 13.1 Å². The number of carbonyl (C=O) groups is 2. The summed E-state index contributed by atoms with van der Waals surface area (Å²) in [6.07, 6.45) is 0. The fourth-order valence-corrected chi connectivity index (χ4v) is 2.02. The van der Waals surface area contributed by atoms with Gasteiger partial charge in [-0.1, -0.05) is 6.07 Å². The van der Waals surface area contributed by atoms with Crippen LogP contribution in [0.15, 0.2) is 41.2 Å². The topological polar surface area (TPSA) is 94.2 Å². The lowest BCUT2D eigenvalue weighted by Crippen LogP contribution is -2.35. The van der Waals surface area contributed by atoms with Crippen LogP contribution in [0.4, 0.5) is 8.78 Å². The van der Waals surface area contributed by atoms with Crippen LogP contribution < -0.4 is 16.6 Å². The number of nitrogens with one attached hydrogen (secondary N) is 1. The Kier molecular flexibility index (Phi) is 4.85. The number of aromatic nitrogens is 1. The highest BCUT2D eigenvalue weighted by molar-refractivity contribution is 5.93. The van der Waals surface area contributed by atoms with E-state index >= 15 is 0 Å². The Bertz CT molecular complexity index is 798. The number of primary amides is 1. The van der Waals surface area contributed by atoms with E-state index in [4.69, 9.17) is 5.73 Å². The number of hydrogen-bond acceptors (Lipinski definition) is 3. The molecule has 0 aliphatic rings. The number of hydrogen-bond donors (Lipinski definition) is 2. The van der Waals surface area contributed by atoms with Crippen molar-refractivity contribution in [3.8, 4) is 0 Å². The molecule has 0 fully saturated rings. The molecule has 120 valence electrons. The maximum Gasteiger partial charge on any atom is 0.268 e. The van der Waals surface area contributed by atoms with Gasteiger partial charge in [0.15, 0.2) is 0 Å². The van der Waals surface area contributed by atoms with Crippen LogP contribution in [0, 0.1) is 11.6 Å². The van der Waals surface area contributed by atoms with E-state index < -0.39 is 35.6 Å². The first kappa shape index (κ1) is 16.3. The van der Waals surface area contributed by atoms with Crippen molar-refractivity contribution >= 4 is 11.8 Å². The molecule has 0 aliphatic heterocycles. The van der Waals surface area contributed by atoms with E-state index in [1.165, 1.54) is 18.2 Å². The molecular weight excluding hydrogens is 308 g/mol. The Labute approximate surface area is 129 Å². The molecule has 0 saturated heterocycles. The highest BCUT2D eigenvalue weighted by Gasteiger charge is 2.13. The maximum absolute atomic E-state index is 13.1. The zero-order valence-electron chi connectivity index (χ0n) is 11.9. The van der Waals surface area contributed by atoms with Crippen LogP contribution >= 0.6 is 0 Å². The lowest BCUT2D eigenvalue weighted by molar-refractivity contribution is -0.118. The predicted molar refractivity (Wildman–Crippen MR) is 77.4 cm³/mol. The number of nitrogens with zero attached hydrogens (tertiary/aromatic N) is 1. The maximum atomic E-state index is 13.1. The van der Waals surface area contributed by atoms with Crippen molar-refractivity contribution in [1.82, 2.24) is 9.88 Å². The molecule has 0 radical (unpaired) electrons. The molecule has 2 aromatic rings. The first-order valence-corrected chi connectivity index (χ1v) is 6.58. The monoisotopic (exact) mass is 321 g/mol.